The van der Waals surface area contributed by atoms with Crippen LogP contribution in [-0.4, -0.2) is 44.6 Å². The molecule has 1 aliphatic heterocycles. The quantitative estimate of drug-likeness (QED) is 0.772. The molecular weight excluding hydrogens is 228 g/mol. The molecule has 0 saturated carbocycles. The lowest BCUT2D eigenvalue weighted by Gasteiger charge is -2.30. The van der Waals surface area contributed by atoms with Gasteiger partial charge in [-0.25, -0.2) is 13.1 Å². The fraction of sp³-hybridized carbons (Fsp3) is 0.900. The Morgan fingerprint density at radius 2 is 2.19 bits per heavy atom. The maximum atomic E-state index is 11.7. The molecule has 0 aromatic heterocycles. The number of carbonyl (C=O) groups excluding carboxylic acids is 1. The molecule has 0 aromatic carbocycles. The minimum atomic E-state index is -3.26. The van der Waals surface area contributed by atoms with Crippen LogP contribution in [0.3, 0.4) is 0 Å². The highest BCUT2D eigenvalue weighted by molar-refractivity contribution is 7.89. The van der Waals surface area contributed by atoms with E-state index in [9.17, 15) is 13.2 Å². The molecule has 1 fully saturated rings. The van der Waals surface area contributed by atoms with Crippen molar-refractivity contribution in [2.24, 2.45) is 5.92 Å². The number of nitrogens with one attached hydrogen (secondary N) is 1. The molecule has 0 spiro atoms. The Bertz CT molecular complexity index is 340. The summed E-state index contributed by atoms with van der Waals surface area (Å²) in [6.07, 6.45) is 2.15. The monoisotopic (exact) mass is 248 g/mol. The summed E-state index contributed by atoms with van der Waals surface area (Å²) in [4.78, 5) is 13.4. The summed E-state index contributed by atoms with van der Waals surface area (Å²) in [6, 6.07) is 0. The molecule has 94 valence electrons. The minimum absolute atomic E-state index is 0.0106. The summed E-state index contributed by atoms with van der Waals surface area (Å²) in [6.45, 7) is 5.04. The number of amides is 1. The Labute approximate surface area is 97.2 Å². The fourth-order valence-electron chi connectivity index (χ4n) is 1.80. The van der Waals surface area contributed by atoms with Crippen molar-refractivity contribution < 1.29 is 13.2 Å². The fourth-order valence-corrected chi connectivity index (χ4v) is 2.35. The van der Waals surface area contributed by atoms with Crippen LogP contribution in [0.1, 0.15) is 26.7 Å². The molecule has 1 saturated heterocycles. The zero-order valence-corrected chi connectivity index (χ0v) is 10.7. The molecule has 1 aliphatic rings. The summed E-state index contributed by atoms with van der Waals surface area (Å²) >= 11 is 0. The van der Waals surface area contributed by atoms with Crippen LogP contribution < -0.4 is 4.72 Å². The molecule has 1 atom stereocenters. The summed E-state index contributed by atoms with van der Waals surface area (Å²) in [5.41, 5.74) is 0. The topological polar surface area (TPSA) is 66.5 Å². The second-order valence-corrected chi connectivity index (χ2v) is 6.41. The average Bonchev–Trinajstić information content (AvgIpc) is 2.26. The molecule has 1 rings (SSSR count). The van der Waals surface area contributed by atoms with Gasteiger partial charge in [0.2, 0.25) is 15.9 Å². The molecule has 1 unspecified atom stereocenters. The third kappa shape index (κ3) is 4.09. The van der Waals surface area contributed by atoms with Gasteiger partial charge >= 0.3 is 0 Å². The van der Waals surface area contributed by atoms with E-state index in [1.165, 1.54) is 0 Å². The highest BCUT2D eigenvalue weighted by Gasteiger charge is 2.21. The molecule has 1 heterocycles. The highest BCUT2D eigenvalue weighted by atomic mass is 32.2. The van der Waals surface area contributed by atoms with E-state index in [-0.39, 0.29) is 18.2 Å². The van der Waals surface area contributed by atoms with E-state index in [1.807, 2.05) is 0 Å². The third-order valence-corrected chi connectivity index (χ3v) is 4.18. The maximum absolute atomic E-state index is 11.7. The summed E-state index contributed by atoms with van der Waals surface area (Å²) < 4.78 is 24.6. The van der Waals surface area contributed by atoms with Gasteiger partial charge in [-0.15, -0.1) is 0 Å². The lowest BCUT2D eigenvalue weighted by Crippen LogP contribution is -2.44. The summed E-state index contributed by atoms with van der Waals surface area (Å²) in [7, 11) is -3.26. The molecule has 5 nitrogen and oxygen atoms in total. The lowest BCUT2D eigenvalue weighted by molar-refractivity contribution is -0.131. The van der Waals surface area contributed by atoms with E-state index in [0.717, 1.165) is 25.9 Å². The van der Waals surface area contributed by atoms with Crippen molar-refractivity contribution in [3.8, 4) is 0 Å². The first-order valence-electron chi connectivity index (χ1n) is 5.69. The van der Waals surface area contributed by atoms with Gasteiger partial charge in [-0.3, -0.25) is 4.79 Å². The van der Waals surface area contributed by atoms with Crippen LogP contribution in [0.25, 0.3) is 0 Å². The molecule has 1 N–H and O–H groups in total. The van der Waals surface area contributed by atoms with Crippen molar-refractivity contribution in [1.29, 1.82) is 0 Å². The van der Waals surface area contributed by atoms with Crippen LogP contribution in [0.4, 0.5) is 0 Å². The van der Waals surface area contributed by atoms with Gasteiger partial charge in [0.25, 0.3) is 0 Å². The van der Waals surface area contributed by atoms with E-state index < -0.39 is 10.0 Å². The second-order valence-electron chi connectivity index (χ2n) is 4.31. The van der Waals surface area contributed by atoms with Crippen molar-refractivity contribution in [2.75, 3.05) is 25.4 Å². The van der Waals surface area contributed by atoms with Gasteiger partial charge in [-0.05, 0) is 25.7 Å². The number of piperidine rings is 1. The lowest BCUT2D eigenvalue weighted by atomic mass is 10.0. The summed E-state index contributed by atoms with van der Waals surface area (Å²) in [5.74, 6) is 0.403. The SMILES string of the molecule is CCS(=O)(=O)NCC(=O)N1CCCC(C)C1. The van der Waals surface area contributed by atoms with E-state index in [2.05, 4.69) is 11.6 Å². The largest absolute Gasteiger partial charge is 0.341 e. The molecule has 0 aliphatic carbocycles. The molecular formula is C10H20N2O3S. The average molecular weight is 248 g/mol. The maximum Gasteiger partial charge on any atom is 0.237 e. The Morgan fingerprint density at radius 1 is 1.50 bits per heavy atom. The van der Waals surface area contributed by atoms with Crippen molar-refractivity contribution in [3.63, 3.8) is 0 Å². The Morgan fingerprint density at radius 3 is 2.75 bits per heavy atom. The predicted octanol–water partition coefficient (Wildman–Crippen LogP) is 0.184. The van der Waals surface area contributed by atoms with Gasteiger partial charge in [0.1, 0.15) is 0 Å². The number of hydrogen-bond acceptors (Lipinski definition) is 3. The Kier molecular flexibility index (Phi) is 4.73. The molecule has 0 radical (unpaired) electrons. The number of rotatable bonds is 4. The van der Waals surface area contributed by atoms with E-state index in [1.54, 1.807) is 11.8 Å². The van der Waals surface area contributed by atoms with E-state index >= 15 is 0 Å². The van der Waals surface area contributed by atoms with Gasteiger partial charge in [0.05, 0.1) is 12.3 Å². The molecule has 6 heteroatoms. The van der Waals surface area contributed by atoms with E-state index in [4.69, 9.17) is 0 Å². The number of likely N-dealkylation sites (tertiary alicyclic amines) is 1. The van der Waals surface area contributed by atoms with E-state index in [0.29, 0.717) is 5.92 Å². The number of sulfonamides is 1. The first-order valence-corrected chi connectivity index (χ1v) is 7.35. The number of hydrogen-bond donors (Lipinski definition) is 1. The Hall–Kier alpha value is -0.620. The van der Waals surface area contributed by atoms with Gasteiger partial charge in [-0.2, -0.15) is 0 Å². The number of carbonyl (C=O) groups is 1. The first-order chi connectivity index (χ1) is 7.44. The predicted molar refractivity (Wildman–Crippen MR) is 62.4 cm³/mol. The third-order valence-electron chi connectivity index (χ3n) is 2.83. The zero-order valence-electron chi connectivity index (χ0n) is 9.90. The van der Waals surface area contributed by atoms with Crippen molar-refractivity contribution >= 4 is 15.9 Å². The highest BCUT2D eigenvalue weighted by Crippen LogP contribution is 2.15. The van der Waals surface area contributed by atoms with Crippen LogP contribution in [-0.2, 0) is 14.8 Å². The van der Waals surface area contributed by atoms with Crippen LogP contribution >= 0.6 is 0 Å². The van der Waals surface area contributed by atoms with Crippen LogP contribution in [0, 0.1) is 5.92 Å². The van der Waals surface area contributed by atoms with Gasteiger partial charge in [0.15, 0.2) is 0 Å². The zero-order chi connectivity index (χ0) is 12.2. The molecule has 0 aromatic rings. The number of nitrogens with zero attached hydrogens (tertiary/aromatic N) is 1. The van der Waals surface area contributed by atoms with Crippen molar-refractivity contribution in [3.05, 3.63) is 0 Å². The molecule has 16 heavy (non-hydrogen) atoms. The van der Waals surface area contributed by atoms with Crippen LogP contribution in [0.5, 0.6) is 0 Å². The van der Waals surface area contributed by atoms with Gasteiger partial charge in [0, 0.05) is 13.1 Å². The summed E-state index contributed by atoms with van der Waals surface area (Å²) in [5, 5.41) is 0. The van der Waals surface area contributed by atoms with Gasteiger partial charge in [-0.1, -0.05) is 6.92 Å². The van der Waals surface area contributed by atoms with Crippen molar-refractivity contribution in [2.45, 2.75) is 26.7 Å². The second kappa shape index (κ2) is 5.63. The smallest absolute Gasteiger partial charge is 0.237 e. The molecule has 1 amide bonds. The minimum Gasteiger partial charge on any atom is -0.341 e. The van der Waals surface area contributed by atoms with Crippen molar-refractivity contribution in [1.82, 2.24) is 9.62 Å². The molecule has 0 bridgehead atoms. The van der Waals surface area contributed by atoms with Crippen LogP contribution in [0.2, 0.25) is 0 Å². The first kappa shape index (κ1) is 13.4. The normalized spacial score (nSPS) is 22.1. The van der Waals surface area contributed by atoms with Gasteiger partial charge < -0.3 is 4.90 Å². The standard InChI is InChI=1S/C10H20N2O3S/c1-3-16(14,15)11-7-10(13)12-6-4-5-9(2)8-12/h9,11H,3-8H2,1-2H3. The van der Waals surface area contributed by atoms with Crippen LogP contribution in [0.15, 0.2) is 0 Å². The Balaban J connectivity index is 2.40.